The summed E-state index contributed by atoms with van der Waals surface area (Å²) < 4.78 is 0. The first-order valence-electron chi connectivity index (χ1n) is 8.23. The molecule has 0 spiro atoms. The van der Waals surface area contributed by atoms with Gasteiger partial charge in [0.1, 0.15) is 17.0 Å². The van der Waals surface area contributed by atoms with Gasteiger partial charge >= 0.3 is 0 Å². The van der Waals surface area contributed by atoms with Gasteiger partial charge in [-0.15, -0.1) is 36.2 Å². The van der Waals surface area contributed by atoms with E-state index in [1.54, 1.807) is 17.7 Å². The molecule has 2 fully saturated rings. The molecule has 6 nitrogen and oxygen atoms in total. The Morgan fingerprint density at radius 3 is 2.68 bits per heavy atom. The van der Waals surface area contributed by atoms with E-state index in [9.17, 15) is 4.79 Å². The zero-order valence-electron chi connectivity index (χ0n) is 13.9. The van der Waals surface area contributed by atoms with Crippen LogP contribution in [0.15, 0.2) is 17.8 Å². The van der Waals surface area contributed by atoms with Crippen molar-refractivity contribution in [2.24, 2.45) is 5.92 Å². The second kappa shape index (κ2) is 8.98. The zero-order valence-corrected chi connectivity index (χ0v) is 16.3. The number of carbonyl (C=O) groups excluding carboxylic acids is 1. The van der Waals surface area contributed by atoms with Gasteiger partial charge in [0.2, 0.25) is 5.91 Å². The van der Waals surface area contributed by atoms with Crippen LogP contribution in [-0.4, -0.2) is 60.0 Å². The molecular formula is C16H23Cl2N5OS. The first-order chi connectivity index (χ1) is 11.3. The van der Waals surface area contributed by atoms with Crippen LogP contribution in [-0.2, 0) is 4.79 Å². The minimum absolute atomic E-state index is 0. The first kappa shape index (κ1) is 20.2. The van der Waals surface area contributed by atoms with E-state index < -0.39 is 0 Å². The van der Waals surface area contributed by atoms with Crippen molar-refractivity contribution < 1.29 is 4.79 Å². The Morgan fingerprint density at radius 1 is 1.20 bits per heavy atom. The van der Waals surface area contributed by atoms with Gasteiger partial charge in [-0.3, -0.25) is 4.79 Å². The highest BCUT2D eigenvalue weighted by atomic mass is 35.5. The summed E-state index contributed by atoms with van der Waals surface area (Å²) in [5, 5.41) is 6.45. The number of hydrogen-bond donors (Lipinski definition) is 1. The van der Waals surface area contributed by atoms with Crippen molar-refractivity contribution >= 4 is 58.1 Å². The number of fused-ring (bicyclic) bond motifs is 1. The van der Waals surface area contributed by atoms with Crippen LogP contribution in [0.5, 0.6) is 0 Å². The van der Waals surface area contributed by atoms with Crippen LogP contribution < -0.4 is 10.2 Å². The smallest absolute Gasteiger partial charge is 0.236 e. The van der Waals surface area contributed by atoms with Crippen LogP contribution in [0.4, 0.5) is 5.82 Å². The fourth-order valence-corrected chi connectivity index (χ4v) is 3.74. The summed E-state index contributed by atoms with van der Waals surface area (Å²) in [5.74, 6) is 2.02. The minimum Gasteiger partial charge on any atom is -0.352 e. The molecule has 1 aliphatic heterocycles. The van der Waals surface area contributed by atoms with Gasteiger partial charge < -0.3 is 15.1 Å². The largest absolute Gasteiger partial charge is 0.352 e. The van der Waals surface area contributed by atoms with E-state index in [2.05, 4.69) is 26.3 Å². The molecule has 1 N–H and O–H groups in total. The van der Waals surface area contributed by atoms with Crippen molar-refractivity contribution in [1.82, 2.24) is 20.2 Å². The quantitative estimate of drug-likeness (QED) is 0.828. The summed E-state index contributed by atoms with van der Waals surface area (Å²) in [5.41, 5.74) is 0. The Bertz CT molecular complexity index is 701. The minimum atomic E-state index is 0. The topological polar surface area (TPSA) is 61.4 Å². The summed E-state index contributed by atoms with van der Waals surface area (Å²) in [6.07, 6.45) is 4.26. The average molecular weight is 404 g/mol. The number of rotatable bonds is 5. The van der Waals surface area contributed by atoms with Gasteiger partial charge in [0.15, 0.2) is 0 Å². The molecule has 0 aromatic carbocycles. The summed E-state index contributed by atoms with van der Waals surface area (Å²) >= 11 is 1.64. The maximum Gasteiger partial charge on any atom is 0.236 e. The van der Waals surface area contributed by atoms with Crippen molar-refractivity contribution in [1.29, 1.82) is 0 Å². The lowest BCUT2D eigenvalue weighted by molar-refractivity contribution is -0.130. The summed E-state index contributed by atoms with van der Waals surface area (Å²) in [6.45, 7) is 4.65. The average Bonchev–Trinajstić information content (AvgIpc) is 3.28. The van der Waals surface area contributed by atoms with Gasteiger partial charge in [-0.05, 0) is 36.8 Å². The maximum atomic E-state index is 12.2. The molecule has 9 heteroatoms. The molecule has 1 aliphatic carbocycles. The Morgan fingerprint density at radius 2 is 1.96 bits per heavy atom. The molecule has 25 heavy (non-hydrogen) atoms. The molecule has 1 amide bonds. The second-order valence-electron chi connectivity index (χ2n) is 6.28. The van der Waals surface area contributed by atoms with Gasteiger partial charge in [0.05, 0.1) is 11.9 Å². The fraction of sp³-hybridized carbons (Fsp3) is 0.562. The van der Waals surface area contributed by atoms with Gasteiger partial charge in [-0.1, -0.05) is 0 Å². The van der Waals surface area contributed by atoms with E-state index in [-0.39, 0.29) is 30.7 Å². The molecule has 0 radical (unpaired) electrons. The van der Waals surface area contributed by atoms with Crippen molar-refractivity contribution in [3.63, 3.8) is 0 Å². The number of amides is 1. The highest BCUT2D eigenvalue weighted by Gasteiger charge is 2.24. The lowest BCUT2D eigenvalue weighted by Gasteiger charge is -2.35. The van der Waals surface area contributed by atoms with Crippen molar-refractivity contribution in [2.75, 3.05) is 44.2 Å². The van der Waals surface area contributed by atoms with E-state index >= 15 is 0 Å². The predicted octanol–water partition coefficient (Wildman–Crippen LogP) is 2.18. The second-order valence-corrected chi connectivity index (χ2v) is 7.17. The van der Waals surface area contributed by atoms with Gasteiger partial charge in [0.25, 0.3) is 0 Å². The maximum absolute atomic E-state index is 12.2. The Hall–Kier alpha value is -1.15. The molecule has 0 bridgehead atoms. The molecule has 0 unspecified atom stereocenters. The molecule has 0 atom stereocenters. The van der Waals surface area contributed by atoms with Gasteiger partial charge in [0, 0.05) is 26.2 Å². The van der Waals surface area contributed by atoms with Gasteiger partial charge in [-0.25, -0.2) is 9.97 Å². The molecule has 4 rings (SSSR count). The van der Waals surface area contributed by atoms with E-state index in [1.807, 2.05) is 10.3 Å². The number of hydrogen-bond acceptors (Lipinski definition) is 6. The molecule has 138 valence electrons. The Kier molecular flexibility index (Phi) is 7.25. The van der Waals surface area contributed by atoms with Crippen molar-refractivity contribution in [3.05, 3.63) is 17.8 Å². The predicted molar refractivity (Wildman–Crippen MR) is 106 cm³/mol. The zero-order chi connectivity index (χ0) is 15.6. The number of thiophene rings is 1. The van der Waals surface area contributed by atoms with E-state index in [0.29, 0.717) is 6.54 Å². The normalized spacial score (nSPS) is 17.1. The molecule has 2 aromatic rings. The fourth-order valence-electron chi connectivity index (χ4n) is 3.01. The van der Waals surface area contributed by atoms with E-state index in [4.69, 9.17) is 0 Å². The number of piperazine rings is 1. The number of nitrogens with zero attached hydrogens (tertiary/aromatic N) is 4. The lowest BCUT2D eigenvalue weighted by atomic mass is 10.2. The molecule has 2 aliphatic rings. The van der Waals surface area contributed by atoms with Crippen LogP contribution in [0, 0.1) is 5.92 Å². The Balaban J connectivity index is 0.00000113. The van der Waals surface area contributed by atoms with Crippen LogP contribution in [0.25, 0.3) is 10.2 Å². The summed E-state index contributed by atoms with van der Waals surface area (Å²) in [4.78, 5) is 26.2. The summed E-state index contributed by atoms with van der Waals surface area (Å²) in [6, 6.07) is 2.08. The number of nitrogens with one attached hydrogen (secondary N) is 1. The highest BCUT2D eigenvalue weighted by Crippen LogP contribution is 2.28. The number of anilines is 1. The lowest BCUT2D eigenvalue weighted by Crippen LogP contribution is -2.51. The Labute approximate surface area is 163 Å². The van der Waals surface area contributed by atoms with Crippen LogP contribution >= 0.6 is 36.2 Å². The third kappa shape index (κ3) is 4.73. The van der Waals surface area contributed by atoms with Crippen LogP contribution in [0.1, 0.15) is 12.8 Å². The molecule has 2 aromatic heterocycles. The molecule has 3 heterocycles. The number of aromatic nitrogens is 2. The summed E-state index contributed by atoms with van der Waals surface area (Å²) in [7, 11) is 0. The van der Waals surface area contributed by atoms with Gasteiger partial charge in [-0.2, -0.15) is 0 Å². The van der Waals surface area contributed by atoms with Crippen molar-refractivity contribution in [2.45, 2.75) is 12.8 Å². The standard InChI is InChI=1S/C16H21N5OS.2ClH/c22-14(10-17-9-12-1-2-12)20-4-6-21(7-5-20)15-13-3-8-23-16(13)19-11-18-15;;/h3,8,11-12,17H,1-2,4-7,9-10H2;2*1H. The number of carbonyl (C=O) groups is 1. The third-order valence-electron chi connectivity index (χ3n) is 4.58. The molecule has 1 saturated carbocycles. The number of halogens is 2. The van der Waals surface area contributed by atoms with E-state index in [1.165, 1.54) is 12.8 Å². The van der Waals surface area contributed by atoms with Crippen LogP contribution in [0.3, 0.4) is 0 Å². The monoisotopic (exact) mass is 403 g/mol. The van der Waals surface area contributed by atoms with Crippen molar-refractivity contribution in [3.8, 4) is 0 Å². The third-order valence-corrected chi connectivity index (χ3v) is 5.40. The highest BCUT2D eigenvalue weighted by molar-refractivity contribution is 7.16. The molecular weight excluding hydrogens is 381 g/mol. The molecule has 1 saturated heterocycles. The SMILES string of the molecule is Cl.Cl.O=C(CNCC1CC1)N1CCN(c2ncnc3sccc23)CC1. The first-order valence-corrected chi connectivity index (χ1v) is 9.11. The van der Waals surface area contributed by atoms with E-state index in [0.717, 1.165) is 54.7 Å². The van der Waals surface area contributed by atoms with Crippen LogP contribution in [0.2, 0.25) is 0 Å².